The number of hydrogen-bond acceptors (Lipinski definition) is 7. The van der Waals surface area contributed by atoms with E-state index in [0.717, 1.165) is 6.42 Å². The largest absolute Gasteiger partial charge is 0.507 e. The zero-order valence-electron chi connectivity index (χ0n) is 20.2. The summed E-state index contributed by atoms with van der Waals surface area (Å²) in [5.41, 5.74) is -0.00859. The summed E-state index contributed by atoms with van der Waals surface area (Å²) in [6.07, 6.45) is 0.543. The number of esters is 1. The van der Waals surface area contributed by atoms with Crippen molar-refractivity contribution < 1.29 is 33.8 Å². The lowest BCUT2D eigenvalue weighted by Crippen LogP contribution is -2.48. The summed E-state index contributed by atoms with van der Waals surface area (Å²) < 4.78 is 9.72. The molecule has 3 N–H and O–H groups in total. The Balaban J connectivity index is 3.26. The fraction of sp³-hybridized carbons (Fsp3) is 0.565. The van der Waals surface area contributed by atoms with Gasteiger partial charge in [0.1, 0.15) is 30.5 Å². The van der Waals surface area contributed by atoms with E-state index in [0.29, 0.717) is 12.0 Å². The maximum absolute atomic E-state index is 13.1. The topological polar surface area (TPSA) is 134 Å². The molecule has 1 unspecified atom stereocenters. The van der Waals surface area contributed by atoms with Crippen molar-refractivity contribution in [3.8, 4) is 5.75 Å². The number of unbranched alkanes of at least 4 members (excludes halogenated alkanes) is 1. The number of nitrogens with one attached hydrogen (secondary N) is 2. The Morgan fingerprint density at radius 3 is 2.36 bits per heavy atom. The molecule has 0 fully saturated rings. The van der Waals surface area contributed by atoms with Crippen molar-refractivity contribution in [3.63, 3.8) is 0 Å². The van der Waals surface area contributed by atoms with Crippen LogP contribution in [-0.4, -0.2) is 66.2 Å². The lowest BCUT2D eigenvalue weighted by atomic mass is 9.99. The Bertz CT molecular complexity index is 849. The predicted octanol–water partition coefficient (Wildman–Crippen LogP) is 2.18. The Kier molecular flexibility index (Phi) is 10.6. The van der Waals surface area contributed by atoms with E-state index in [9.17, 15) is 24.3 Å². The van der Waals surface area contributed by atoms with Crippen molar-refractivity contribution >= 4 is 23.9 Å². The lowest BCUT2D eigenvalue weighted by Gasteiger charge is -2.32. The van der Waals surface area contributed by atoms with Crippen molar-refractivity contribution in [2.24, 2.45) is 0 Å². The zero-order valence-corrected chi connectivity index (χ0v) is 20.2. The molecule has 1 atom stereocenters. The lowest BCUT2D eigenvalue weighted by molar-refractivity contribution is -0.143. The Hall–Kier alpha value is -3.30. The van der Waals surface area contributed by atoms with E-state index in [2.05, 4.69) is 15.4 Å². The number of nitrogens with zero attached hydrogens (tertiary/aromatic N) is 1. The third-order valence-electron chi connectivity index (χ3n) is 4.61. The molecular formula is C23H35N3O7. The van der Waals surface area contributed by atoms with Gasteiger partial charge in [-0.15, -0.1) is 0 Å². The van der Waals surface area contributed by atoms with Crippen molar-refractivity contribution in [1.29, 1.82) is 0 Å². The molecule has 0 spiro atoms. The number of hydrogen-bond donors (Lipinski definition) is 3. The third-order valence-corrected chi connectivity index (χ3v) is 4.61. The molecule has 0 aliphatic rings. The van der Waals surface area contributed by atoms with Crippen LogP contribution in [0.1, 0.15) is 57.7 Å². The van der Waals surface area contributed by atoms with Gasteiger partial charge in [0.05, 0.1) is 7.11 Å². The van der Waals surface area contributed by atoms with Crippen LogP contribution in [0.15, 0.2) is 18.2 Å². The van der Waals surface area contributed by atoms with Gasteiger partial charge in [0.2, 0.25) is 11.8 Å². The van der Waals surface area contributed by atoms with E-state index in [1.54, 1.807) is 39.8 Å². The van der Waals surface area contributed by atoms with Crippen LogP contribution in [0.5, 0.6) is 5.75 Å². The number of phenols is 1. The highest BCUT2D eigenvalue weighted by atomic mass is 16.6. The van der Waals surface area contributed by atoms with Crippen molar-refractivity contribution in [2.45, 2.75) is 59.1 Å². The second kappa shape index (κ2) is 12.7. The molecule has 184 valence electrons. The molecule has 0 aliphatic heterocycles. The van der Waals surface area contributed by atoms with Gasteiger partial charge >= 0.3 is 12.1 Å². The highest BCUT2D eigenvalue weighted by Crippen LogP contribution is 2.32. The van der Waals surface area contributed by atoms with Crippen LogP contribution in [0.25, 0.3) is 0 Å². The maximum Gasteiger partial charge on any atom is 0.408 e. The predicted molar refractivity (Wildman–Crippen MR) is 121 cm³/mol. The number of aryl methyl sites for hydroxylation is 1. The van der Waals surface area contributed by atoms with Gasteiger partial charge in [0.15, 0.2) is 0 Å². The van der Waals surface area contributed by atoms with Gasteiger partial charge in [0.25, 0.3) is 0 Å². The zero-order chi connectivity index (χ0) is 25.2. The molecule has 0 heterocycles. The molecule has 0 bridgehead atoms. The van der Waals surface area contributed by atoms with Gasteiger partial charge in [-0.2, -0.15) is 0 Å². The number of phenolic OH excluding ortho intramolecular Hbond substituents is 1. The molecule has 0 aliphatic carbocycles. The van der Waals surface area contributed by atoms with Crippen molar-refractivity contribution in [1.82, 2.24) is 15.5 Å². The van der Waals surface area contributed by atoms with Gasteiger partial charge in [0, 0.05) is 12.1 Å². The summed E-state index contributed by atoms with van der Waals surface area (Å²) >= 11 is 0. The highest BCUT2D eigenvalue weighted by Gasteiger charge is 2.33. The van der Waals surface area contributed by atoms with Crippen molar-refractivity contribution in [2.75, 3.05) is 26.7 Å². The third kappa shape index (κ3) is 8.99. The fourth-order valence-electron chi connectivity index (χ4n) is 2.97. The summed E-state index contributed by atoms with van der Waals surface area (Å²) in [7, 11) is 1.19. The number of methoxy groups -OCH3 is 1. The fourth-order valence-corrected chi connectivity index (χ4v) is 2.97. The molecule has 0 saturated heterocycles. The van der Waals surface area contributed by atoms with Crippen LogP contribution in [-0.2, 0) is 23.9 Å². The standard InChI is InChI=1S/C23H35N3O7/c1-7-8-12-26(17(27)13-25-22(31)33-23(3,4)5)19(21(30)24-14-18(28)32-6)16-11-9-10-15(2)20(16)29/h9-11,19,29H,7-8,12-14H2,1-6H3,(H,24,30)(H,25,31). The number of rotatable bonds is 10. The first-order valence-electron chi connectivity index (χ1n) is 10.8. The van der Waals surface area contributed by atoms with E-state index >= 15 is 0 Å². The summed E-state index contributed by atoms with van der Waals surface area (Å²) in [6.45, 7) is 8.08. The monoisotopic (exact) mass is 465 g/mol. The van der Waals surface area contributed by atoms with Gasteiger partial charge in [-0.1, -0.05) is 31.5 Å². The van der Waals surface area contributed by atoms with Crippen molar-refractivity contribution in [3.05, 3.63) is 29.3 Å². The minimum atomic E-state index is -1.23. The Morgan fingerprint density at radius 2 is 1.79 bits per heavy atom. The van der Waals surface area contributed by atoms with Gasteiger partial charge in [-0.05, 0) is 39.7 Å². The van der Waals surface area contributed by atoms with Gasteiger partial charge < -0.3 is 30.1 Å². The Morgan fingerprint density at radius 1 is 1.12 bits per heavy atom. The van der Waals surface area contributed by atoms with Gasteiger partial charge in [-0.3, -0.25) is 14.4 Å². The first-order chi connectivity index (χ1) is 15.4. The SMILES string of the molecule is CCCCN(C(=O)CNC(=O)OC(C)(C)C)C(C(=O)NCC(=O)OC)c1cccc(C)c1O. The minimum Gasteiger partial charge on any atom is -0.507 e. The molecule has 0 aromatic heterocycles. The van der Waals surface area contributed by atoms with Crippen LogP contribution >= 0.6 is 0 Å². The second-order valence-corrected chi connectivity index (χ2v) is 8.51. The summed E-state index contributed by atoms with van der Waals surface area (Å²) in [4.78, 5) is 51.1. The molecular weight excluding hydrogens is 430 g/mol. The van der Waals surface area contributed by atoms with E-state index in [1.165, 1.54) is 18.1 Å². The molecule has 10 heteroatoms. The first kappa shape index (κ1) is 27.7. The smallest absolute Gasteiger partial charge is 0.408 e. The number of amides is 3. The van der Waals surface area contributed by atoms with E-state index in [-0.39, 0.29) is 17.9 Å². The van der Waals surface area contributed by atoms with E-state index < -0.39 is 48.6 Å². The van der Waals surface area contributed by atoms with Crippen LogP contribution in [0, 0.1) is 6.92 Å². The maximum atomic E-state index is 13.1. The van der Waals surface area contributed by atoms with Crippen LogP contribution < -0.4 is 10.6 Å². The quantitative estimate of drug-likeness (QED) is 0.451. The molecule has 0 saturated carbocycles. The highest BCUT2D eigenvalue weighted by molar-refractivity contribution is 5.92. The van der Waals surface area contributed by atoms with Crippen LogP contribution in [0.3, 0.4) is 0 Å². The molecule has 3 amide bonds. The molecule has 10 nitrogen and oxygen atoms in total. The van der Waals surface area contributed by atoms with Gasteiger partial charge in [-0.25, -0.2) is 4.79 Å². The molecule has 1 rings (SSSR count). The van der Waals surface area contributed by atoms with Crippen LogP contribution in [0.2, 0.25) is 0 Å². The summed E-state index contributed by atoms with van der Waals surface area (Å²) in [5, 5.41) is 15.5. The van der Waals surface area contributed by atoms with E-state index in [1.807, 2.05) is 6.92 Å². The molecule has 1 aromatic carbocycles. The number of aromatic hydroxyl groups is 1. The normalized spacial score (nSPS) is 11.8. The Labute approximate surface area is 194 Å². The molecule has 0 radical (unpaired) electrons. The number of alkyl carbamates (subject to hydrolysis) is 1. The number of para-hydroxylation sites is 1. The number of benzene rings is 1. The van der Waals surface area contributed by atoms with Crippen LogP contribution in [0.4, 0.5) is 4.79 Å². The average molecular weight is 466 g/mol. The first-order valence-corrected chi connectivity index (χ1v) is 10.8. The van der Waals surface area contributed by atoms with E-state index in [4.69, 9.17) is 4.74 Å². The second-order valence-electron chi connectivity index (χ2n) is 8.51. The minimum absolute atomic E-state index is 0.134. The summed E-state index contributed by atoms with van der Waals surface area (Å²) in [5.74, 6) is -2.00. The molecule has 33 heavy (non-hydrogen) atoms. The number of ether oxygens (including phenoxy) is 2. The summed E-state index contributed by atoms with van der Waals surface area (Å²) in [6, 6.07) is 3.64. The number of carbonyl (C=O) groups is 4. The number of carbonyl (C=O) groups excluding carboxylic acids is 4. The molecule has 1 aromatic rings. The average Bonchev–Trinajstić information content (AvgIpc) is 2.74.